The van der Waals surface area contributed by atoms with Crippen molar-refractivity contribution in [2.45, 2.75) is 64.3 Å². The lowest BCUT2D eigenvalue weighted by Gasteiger charge is -2.19. The van der Waals surface area contributed by atoms with Gasteiger partial charge in [-0.2, -0.15) is 27.5 Å². The Morgan fingerprint density at radius 1 is 1.18 bits per heavy atom. The third-order valence-corrected chi connectivity index (χ3v) is 7.76. The topological polar surface area (TPSA) is 139 Å². The number of thiazole rings is 1. The maximum absolute atomic E-state index is 15.2. The summed E-state index contributed by atoms with van der Waals surface area (Å²) in [4.78, 5) is 19.0. The molecule has 3 aromatic rings. The van der Waals surface area contributed by atoms with Gasteiger partial charge in [-0.05, 0) is 18.4 Å². The van der Waals surface area contributed by atoms with Crippen molar-refractivity contribution in [1.29, 1.82) is 0 Å². The van der Waals surface area contributed by atoms with Gasteiger partial charge in [0, 0.05) is 18.1 Å². The van der Waals surface area contributed by atoms with Crippen LogP contribution >= 0.6 is 11.3 Å². The van der Waals surface area contributed by atoms with E-state index in [4.69, 9.17) is 14.1 Å². The van der Waals surface area contributed by atoms with Crippen LogP contribution in [0.15, 0.2) is 27.6 Å². The summed E-state index contributed by atoms with van der Waals surface area (Å²) < 4.78 is 113. The molecule has 0 amide bonds. The molecule has 0 aliphatic heterocycles. The first-order valence-corrected chi connectivity index (χ1v) is 13.4. The van der Waals surface area contributed by atoms with E-state index < -0.39 is 57.1 Å². The Kier molecular flexibility index (Phi) is 10.4. The summed E-state index contributed by atoms with van der Waals surface area (Å²) in [5, 5.41) is 13.8. The summed E-state index contributed by atoms with van der Waals surface area (Å²) in [5.74, 6) is -1.39. The molecule has 40 heavy (non-hydrogen) atoms. The number of benzene rings is 1. The predicted octanol–water partition coefficient (Wildman–Crippen LogP) is 5.27. The molecule has 0 aliphatic rings. The average molecular weight is 616 g/mol. The normalized spacial score (nSPS) is 13.1. The molecule has 0 spiro atoms. The highest BCUT2D eigenvalue weighted by atomic mass is 32.2. The van der Waals surface area contributed by atoms with Gasteiger partial charge in [-0.3, -0.25) is 0 Å². The van der Waals surface area contributed by atoms with Gasteiger partial charge >= 0.3 is 12.3 Å². The maximum atomic E-state index is 15.2. The summed E-state index contributed by atoms with van der Waals surface area (Å²) in [6.07, 6.45) is -7.76. The molecule has 0 saturated carbocycles. The van der Waals surface area contributed by atoms with E-state index in [1.54, 1.807) is 6.07 Å². The van der Waals surface area contributed by atoms with E-state index in [1.165, 1.54) is 4.72 Å². The summed E-state index contributed by atoms with van der Waals surface area (Å²) >= 11 is 0.782. The summed E-state index contributed by atoms with van der Waals surface area (Å²) in [6, 6.07) is 0.413. The molecule has 0 saturated heterocycles. The van der Waals surface area contributed by atoms with Crippen molar-refractivity contribution in [3.05, 3.63) is 41.0 Å². The van der Waals surface area contributed by atoms with Crippen molar-refractivity contribution in [1.82, 2.24) is 14.9 Å². The van der Waals surface area contributed by atoms with E-state index in [2.05, 4.69) is 10.1 Å². The first-order valence-electron chi connectivity index (χ1n) is 11.1. The Hall–Kier alpha value is -3.11. The number of hydrogen-bond donors (Lipinski definition) is 2. The SMILES string of the molecule is C[C@H](NS(=O)(=O)c1ccc(-c2sc(-c3cc(CC(C)(C)C)on3)nc2CO)c(C(F)F)c1F)C(F)(F)F.O=C=O. The Balaban J connectivity index is 0.00000178. The van der Waals surface area contributed by atoms with Crippen molar-refractivity contribution in [2.24, 2.45) is 5.41 Å². The number of alkyl halides is 5. The predicted molar refractivity (Wildman–Crippen MR) is 128 cm³/mol. The van der Waals surface area contributed by atoms with Crippen molar-refractivity contribution in [3.8, 4) is 21.1 Å². The first-order chi connectivity index (χ1) is 18.4. The third-order valence-electron chi connectivity index (χ3n) is 5.05. The van der Waals surface area contributed by atoms with Crippen LogP contribution in [0.2, 0.25) is 0 Å². The monoisotopic (exact) mass is 615 g/mol. The zero-order valence-electron chi connectivity index (χ0n) is 21.3. The highest BCUT2D eigenvalue weighted by Crippen LogP contribution is 2.42. The van der Waals surface area contributed by atoms with Crippen LogP contribution in [0.1, 0.15) is 51.1 Å². The number of hydrogen-bond acceptors (Lipinski definition) is 9. The number of carbonyl (C=O) groups excluding carboxylic acids is 2. The number of nitrogens with one attached hydrogen (secondary N) is 1. The molecule has 2 aromatic heterocycles. The van der Waals surface area contributed by atoms with Gasteiger partial charge in [-0.25, -0.2) is 26.6 Å². The minimum atomic E-state index is -5.16. The minimum absolute atomic E-state index is 0.0901. The molecule has 2 heterocycles. The fraction of sp³-hybridized carbons (Fsp3) is 0.435. The lowest BCUT2D eigenvalue weighted by molar-refractivity contribution is -0.191. The van der Waals surface area contributed by atoms with Gasteiger partial charge in [0.15, 0.2) is 5.82 Å². The lowest BCUT2D eigenvalue weighted by Crippen LogP contribution is -2.43. The van der Waals surface area contributed by atoms with Gasteiger partial charge in [0.2, 0.25) is 10.0 Å². The number of halogens is 6. The van der Waals surface area contributed by atoms with Gasteiger partial charge in [0.25, 0.3) is 6.43 Å². The number of nitrogens with zero attached hydrogens (tertiary/aromatic N) is 2. The molecule has 3 rings (SSSR count). The van der Waals surface area contributed by atoms with Gasteiger partial charge in [0.05, 0.1) is 22.7 Å². The Morgan fingerprint density at radius 3 is 2.27 bits per heavy atom. The molecule has 0 aliphatic carbocycles. The van der Waals surface area contributed by atoms with Crippen LogP contribution in [0, 0.1) is 11.2 Å². The Morgan fingerprint density at radius 2 is 1.77 bits per heavy atom. The second kappa shape index (κ2) is 12.6. The average Bonchev–Trinajstić information content (AvgIpc) is 3.43. The molecule has 0 fully saturated rings. The van der Waals surface area contributed by atoms with Crippen molar-refractivity contribution < 1.29 is 54.0 Å². The van der Waals surface area contributed by atoms with E-state index >= 15 is 4.39 Å². The van der Waals surface area contributed by atoms with Gasteiger partial charge in [0.1, 0.15) is 27.4 Å². The van der Waals surface area contributed by atoms with Gasteiger partial charge in [-0.1, -0.05) is 32.0 Å². The van der Waals surface area contributed by atoms with Crippen LogP contribution in [0.5, 0.6) is 0 Å². The van der Waals surface area contributed by atoms with E-state index in [-0.39, 0.29) is 32.8 Å². The summed E-state index contributed by atoms with van der Waals surface area (Å²) in [7, 11) is -5.16. The van der Waals surface area contributed by atoms with Crippen LogP contribution in [-0.2, 0) is 32.6 Å². The van der Waals surface area contributed by atoms with Crippen LogP contribution < -0.4 is 4.72 Å². The molecule has 1 aromatic carbocycles. The molecule has 17 heteroatoms. The molecule has 220 valence electrons. The van der Waals surface area contributed by atoms with E-state index in [1.807, 2.05) is 20.8 Å². The zero-order valence-corrected chi connectivity index (χ0v) is 22.9. The van der Waals surface area contributed by atoms with Crippen LogP contribution in [0.25, 0.3) is 21.1 Å². The second-order valence-corrected chi connectivity index (χ2v) is 12.2. The lowest BCUT2D eigenvalue weighted by atomic mass is 9.91. The van der Waals surface area contributed by atoms with Crippen LogP contribution in [0.3, 0.4) is 0 Å². The third kappa shape index (κ3) is 7.97. The summed E-state index contributed by atoms with van der Waals surface area (Å²) in [6.45, 7) is 5.69. The Labute approximate surface area is 228 Å². The largest absolute Gasteiger partial charge is 0.404 e. The number of aliphatic hydroxyl groups excluding tert-OH is 1. The maximum Gasteiger partial charge on any atom is 0.404 e. The smallest absolute Gasteiger partial charge is 0.390 e. The van der Waals surface area contributed by atoms with E-state index in [9.17, 15) is 35.5 Å². The molecule has 0 unspecified atom stereocenters. The number of aromatic nitrogens is 2. The number of aliphatic hydroxyl groups is 1. The van der Waals surface area contributed by atoms with Gasteiger partial charge in [-0.15, -0.1) is 11.3 Å². The van der Waals surface area contributed by atoms with Crippen molar-refractivity contribution >= 4 is 27.5 Å². The van der Waals surface area contributed by atoms with Crippen LogP contribution in [0.4, 0.5) is 26.3 Å². The number of sulfonamides is 1. The molecular formula is C23H23F6N3O6S2. The highest BCUT2D eigenvalue weighted by molar-refractivity contribution is 7.89. The standard InChI is InChI=1S/C22H23F6N3O4S2.CO2/c1-10(22(26,27)28)31-37(33,34)15-6-5-12(16(17(15)23)19(24)25)18-14(9-32)29-20(36-18)13-7-11(35-30-13)8-21(2,3)4;2-1-3/h5-7,10,19,31-32H,8-9H2,1-4H3;/t10-;/m0./s1. The fourth-order valence-electron chi connectivity index (χ4n) is 3.35. The van der Waals surface area contributed by atoms with E-state index in [0.717, 1.165) is 17.4 Å². The molecule has 0 radical (unpaired) electrons. The first kappa shape index (κ1) is 33.1. The summed E-state index contributed by atoms with van der Waals surface area (Å²) in [5.41, 5.74) is -1.82. The van der Waals surface area contributed by atoms with E-state index in [0.29, 0.717) is 25.2 Å². The molecule has 2 N–H and O–H groups in total. The number of rotatable bonds is 8. The van der Waals surface area contributed by atoms with Crippen molar-refractivity contribution in [3.63, 3.8) is 0 Å². The van der Waals surface area contributed by atoms with Crippen molar-refractivity contribution in [2.75, 3.05) is 0 Å². The minimum Gasteiger partial charge on any atom is -0.390 e. The zero-order chi connectivity index (χ0) is 30.6. The Bertz CT molecular complexity index is 1470. The van der Waals surface area contributed by atoms with Crippen LogP contribution in [-0.4, -0.2) is 42.0 Å². The molecular weight excluding hydrogens is 592 g/mol. The quantitative estimate of drug-likeness (QED) is 0.327. The van der Waals surface area contributed by atoms with Gasteiger partial charge < -0.3 is 9.63 Å². The molecule has 9 nitrogen and oxygen atoms in total. The second-order valence-electron chi connectivity index (χ2n) is 9.48. The fourth-order valence-corrected chi connectivity index (χ4v) is 5.74. The highest BCUT2D eigenvalue weighted by Gasteiger charge is 2.40. The molecule has 0 bridgehead atoms. The molecule has 1 atom stereocenters.